The van der Waals surface area contributed by atoms with E-state index in [4.69, 9.17) is 0 Å². The van der Waals surface area contributed by atoms with E-state index in [-0.39, 0.29) is 11.4 Å². The molecule has 0 saturated heterocycles. The fourth-order valence-corrected chi connectivity index (χ4v) is 1.66. The molecule has 0 atom stereocenters. The Morgan fingerprint density at radius 1 is 1.67 bits per heavy atom. The molecule has 0 aliphatic carbocycles. The van der Waals surface area contributed by atoms with Crippen LogP contribution in [0.3, 0.4) is 0 Å². The molecule has 6 heteroatoms. The number of nitro benzene ring substituents is 1. The topological polar surface area (TPSA) is 55.5 Å². The highest BCUT2D eigenvalue weighted by Crippen LogP contribution is 2.32. The average Bonchev–Trinajstić information content (AvgIpc) is 2.20. The number of thiocarbonyl (C=S) groups is 1. The molecule has 0 N–H and O–H groups in total. The molecule has 1 aromatic carbocycles. The molecule has 0 aliphatic heterocycles. The van der Waals surface area contributed by atoms with Gasteiger partial charge < -0.3 is 0 Å². The Hall–Kier alpha value is -1.10. The van der Waals surface area contributed by atoms with Crippen molar-refractivity contribution in [3.05, 3.63) is 33.4 Å². The summed E-state index contributed by atoms with van der Waals surface area (Å²) in [5.41, 5.74) is 1.79. The molecule has 4 nitrogen and oxygen atoms in total. The normalized spacial score (nSPS) is 9.47. The first kappa shape index (κ1) is 12.0. The SMILES string of the molecule is Cc1cc(CBr)cc([N+](=O)[O-])c1N=C=S. The first-order chi connectivity index (χ1) is 7.10. The fourth-order valence-electron chi connectivity index (χ4n) is 1.24. The minimum Gasteiger partial charge on any atom is -0.258 e. The van der Waals surface area contributed by atoms with Gasteiger partial charge in [0.15, 0.2) is 5.69 Å². The molecule has 15 heavy (non-hydrogen) atoms. The number of hydrogen-bond donors (Lipinski definition) is 0. The highest BCUT2D eigenvalue weighted by Gasteiger charge is 2.16. The molecule has 0 amide bonds. The Kier molecular flexibility index (Phi) is 4.08. The Morgan fingerprint density at radius 2 is 2.33 bits per heavy atom. The van der Waals surface area contributed by atoms with E-state index in [1.165, 1.54) is 6.07 Å². The summed E-state index contributed by atoms with van der Waals surface area (Å²) >= 11 is 7.70. The van der Waals surface area contributed by atoms with Gasteiger partial charge in [0.25, 0.3) is 5.69 Å². The maximum atomic E-state index is 10.8. The molecule has 0 radical (unpaired) electrons. The summed E-state index contributed by atoms with van der Waals surface area (Å²) < 4.78 is 0. The van der Waals surface area contributed by atoms with Gasteiger partial charge >= 0.3 is 0 Å². The van der Waals surface area contributed by atoms with Crippen molar-refractivity contribution in [1.29, 1.82) is 0 Å². The molecule has 0 aliphatic rings. The third-order valence-electron chi connectivity index (χ3n) is 1.85. The molecular weight excluding hydrogens is 280 g/mol. The molecule has 0 spiro atoms. The maximum Gasteiger partial charge on any atom is 0.296 e. The van der Waals surface area contributed by atoms with Crippen molar-refractivity contribution in [2.24, 2.45) is 4.99 Å². The van der Waals surface area contributed by atoms with Crippen LogP contribution in [0.25, 0.3) is 0 Å². The largest absolute Gasteiger partial charge is 0.296 e. The molecular formula is C9H7BrN2O2S. The zero-order chi connectivity index (χ0) is 11.4. The van der Waals surface area contributed by atoms with Crippen LogP contribution >= 0.6 is 28.1 Å². The lowest BCUT2D eigenvalue weighted by Gasteiger charge is -2.03. The molecule has 0 heterocycles. The number of nitro groups is 1. The maximum absolute atomic E-state index is 10.8. The van der Waals surface area contributed by atoms with E-state index in [0.717, 1.165) is 11.1 Å². The summed E-state index contributed by atoms with van der Waals surface area (Å²) in [6.45, 7) is 1.75. The van der Waals surface area contributed by atoms with Gasteiger partial charge in [0.1, 0.15) is 0 Å². The number of aliphatic imine (C=N–C) groups is 1. The van der Waals surface area contributed by atoms with Gasteiger partial charge in [0, 0.05) is 11.4 Å². The van der Waals surface area contributed by atoms with Crippen LogP contribution in [-0.2, 0) is 5.33 Å². The van der Waals surface area contributed by atoms with E-state index in [0.29, 0.717) is 5.33 Å². The first-order valence-corrected chi connectivity index (χ1v) is 5.55. The standard InChI is InChI=1S/C9H7BrN2O2S/c1-6-2-7(4-10)3-8(12(13)14)9(6)11-5-15/h2-3H,4H2,1H3. The molecule has 0 aromatic heterocycles. The average molecular weight is 287 g/mol. The third-order valence-corrected chi connectivity index (χ3v) is 2.59. The summed E-state index contributed by atoms with van der Waals surface area (Å²) in [6.07, 6.45) is 0. The van der Waals surface area contributed by atoms with Crippen molar-refractivity contribution < 1.29 is 4.92 Å². The number of nitrogens with zero attached hydrogens (tertiary/aromatic N) is 2. The lowest BCUT2D eigenvalue weighted by atomic mass is 10.1. The van der Waals surface area contributed by atoms with Crippen molar-refractivity contribution in [2.45, 2.75) is 12.3 Å². The van der Waals surface area contributed by atoms with Crippen LogP contribution in [0.15, 0.2) is 17.1 Å². The van der Waals surface area contributed by atoms with Crippen LogP contribution in [-0.4, -0.2) is 10.1 Å². The number of halogens is 1. The molecule has 78 valence electrons. The Labute approximate surface area is 100 Å². The van der Waals surface area contributed by atoms with Crippen molar-refractivity contribution in [3.8, 4) is 0 Å². The number of rotatable bonds is 3. The van der Waals surface area contributed by atoms with Crippen LogP contribution in [0, 0.1) is 17.0 Å². The Morgan fingerprint density at radius 3 is 2.80 bits per heavy atom. The smallest absolute Gasteiger partial charge is 0.258 e. The quantitative estimate of drug-likeness (QED) is 0.281. The minimum absolute atomic E-state index is 0.0400. The lowest BCUT2D eigenvalue weighted by molar-refractivity contribution is -0.384. The summed E-state index contributed by atoms with van der Waals surface area (Å²) in [4.78, 5) is 14.0. The number of hydrogen-bond acceptors (Lipinski definition) is 4. The second-order valence-electron chi connectivity index (χ2n) is 2.87. The van der Waals surface area contributed by atoms with Gasteiger partial charge in [-0.15, -0.1) is 0 Å². The van der Waals surface area contributed by atoms with E-state index in [1.54, 1.807) is 6.92 Å². The van der Waals surface area contributed by atoms with Crippen LogP contribution in [0.5, 0.6) is 0 Å². The molecule has 0 saturated carbocycles. The van der Waals surface area contributed by atoms with E-state index in [1.807, 2.05) is 6.07 Å². The van der Waals surface area contributed by atoms with Gasteiger partial charge in [0.2, 0.25) is 0 Å². The van der Waals surface area contributed by atoms with Gasteiger partial charge in [-0.1, -0.05) is 22.0 Å². The van der Waals surface area contributed by atoms with E-state index in [9.17, 15) is 10.1 Å². The van der Waals surface area contributed by atoms with E-state index < -0.39 is 4.92 Å². The van der Waals surface area contributed by atoms with E-state index >= 15 is 0 Å². The van der Waals surface area contributed by atoms with Crippen molar-refractivity contribution >= 4 is 44.7 Å². The number of aryl methyl sites for hydroxylation is 1. The zero-order valence-corrected chi connectivity index (χ0v) is 10.3. The van der Waals surface area contributed by atoms with Gasteiger partial charge in [-0.25, -0.2) is 0 Å². The minimum atomic E-state index is -0.468. The number of benzene rings is 1. The first-order valence-electron chi connectivity index (χ1n) is 4.02. The molecule has 0 bridgehead atoms. The van der Waals surface area contributed by atoms with Crippen LogP contribution in [0.2, 0.25) is 0 Å². The Balaban J connectivity index is 3.48. The van der Waals surface area contributed by atoms with Crippen molar-refractivity contribution in [3.63, 3.8) is 0 Å². The number of isothiocyanates is 1. The predicted octanol–water partition coefficient (Wildman–Crippen LogP) is 3.53. The van der Waals surface area contributed by atoms with Crippen LogP contribution < -0.4 is 0 Å². The van der Waals surface area contributed by atoms with Gasteiger partial charge in [-0.2, -0.15) is 4.99 Å². The summed E-state index contributed by atoms with van der Waals surface area (Å²) in [5.74, 6) is 0. The van der Waals surface area contributed by atoms with E-state index in [2.05, 4.69) is 38.3 Å². The highest BCUT2D eigenvalue weighted by molar-refractivity contribution is 9.08. The van der Waals surface area contributed by atoms with Crippen molar-refractivity contribution in [2.75, 3.05) is 0 Å². The molecule has 0 fully saturated rings. The van der Waals surface area contributed by atoms with Crippen LogP contribution in [0.1, 0.15) is 11.1 Å². The second-order valence-corrected chi connectivity index (χ2v) is 3.62. The summed E-state index contributed by atoms with van der Waals surface area (Å²) in [7, 11) is 0. The summed E-state index contributed by atoms with van der Waals surface area (Å²) in [6, 6.07) is 3.31. The highest BCUT2D eigenvalue weighted by atomic mass is 79.9. The summed E-state index contributed by atoms with van der Waals surface area (Å²) in [5, 5.41) is 13.5. The molecule has 1 aromatic rings. The number of alkyl halides is 1. The zero-order valence-electron chi connectivity index (χ0n) is 7.86. The van der Waals surface area contributed by atoms with Crippen molar-refractivity contribution in [1.82, 2.24) is 0 Å². The fraction of sp³-hybridized carbons (Fsp3) is 0.222. The third kappa shape index (κ3) is 2.68. The molecule has 1 rings (SSSR count). The lowest BCUT2D eigenvalue weighted by Crippen LogP contribution is -1.92. The predicted molar refractivity (Wildman–Crippen MR) is 65.2 cm³/mol. The second kappa shape index (κ2) is 5.11. The van der Waals surface area contributed by atoms with Gasteiger partial charge in [-0.05, 0) is 30.3 Å². The molecule has 0 unspecified atom stereocenters. The monoisotopic (exact) mass is 286 g/mol. The van der Waals surface area contributed by atoms with Crippen LogP contribution in [0.4, 0.5) is 11.4 Å². The Bertz CT molecular complexity index is 456. The van der Waals surface area contributed by atoms with Gasteiger partial charge in [-0.3, -0.25) is 10.1 Å². The van der Waals surface area contributed by atoms with Gasteiger partial charge in [0.05, 0.1) is 10.1 Å².